The minimum Gasteiger partial charge on any atom is -0.444 e. The number of nitrogens with zero attached hydrogens (tertiary/aromatic N) is 1. The fraction of sp³-hybridized carbons (Fsp3) is 0.944. The van der Waals surface area contributed by atoms with E-state index in [4.69, 9.17) is 4.74 Å². The monoisotopic (exact) mass is 310 g/mol. The van der Waals surface area contributed by atoms with Crippen molar-refractivity contribution in [3.05, 3.63) is 0 Å². The van der Waals surface area contributed by atoms with Crippen LogP contribution in [0.2, 0.25) is 0 Å². The summed E-state index contributed by atoms with van der Waals surface area (Å²) in [5.41, 5.74) is -0.411. The van der Waals surface area contributed by atoms with Crippen molar-refractivity contribution >= 4 is 6.09 Å². The average molecular weight is 310 g/mol. The van der Waals surface area contributed by atoms with E-state index >= 15 is 0 Å². The van der Waals surface area contributed by atoms with Crippen molar-refractivity contribution < 1.29 is 9.53 Å². The molecule has 0 aromatic heterocycles. The Morgan fingerprint density at radius 2 is 2.09 bits per heavy atom. The quantitative estimate of drug-likeness (QED) is 0.836. The number of piperidine rings is 1. The third-order valence-electron chi connectivity index (χ3n) is 4.83. The Labute approximate surface area is 136 Å². The van der Waals surface area contributed by atoms with Gasteiger partial charge < -0.3 is 15.0 Å². The number of hydrogen-bond acceptors (Lipinski definition) is 3. The second kappa shape index (κ2) is 7.20. The van der Waals surface area contributed by atoms with Gasteiger partial charge in [-0.1, -0.05) is 13.3 Å². The van der Waals surface area contributed by atoms with Gasteiger partial charge in [-0.05, 0) is 65.7 Å². The van der Waals surface area contributed by atoms with E-state index in [1.54, 1.807) is 0 Å². The van der Waals surface area contributed by atoms with Crippen LogP contribution in [0.5, 0.6) is 0 Å². The van der Waals surface area contributed by atoms with E-state index in [1.807, 2.05) is 25.7 Å². The first-order valence-corrected chi connectivity index (χ1v) is 9.06. The van der Waals surface area contributed by atoms with Crippen LogP contribution in [0.4, 0.5) is 4.79 Å². The zero-order valence-electron chi connectivity index (χ0n) is 15.0. The van der Waals surface area contributed by atoms with Gasteiger partial charge in [-0.15, -0.1) is 0 Å². The van der Waals surface area contributed by atoms with Crippen LogP contribution in [0, 0.1) is 5.92 Å². The van der Waals surface area contributed by atoms with Gasteiger partial charge in [-0.3, -0.25) is 0 Å². The van der Waals surface area contributed by atoms with E-state index in [0.717, 1.165) is 31.7 Å². The van der Waals surface area contributed by atoms with Crippen molar-refractivity contribution in [1.29, 1.82) is 0 Å². The number of nitrogens with one attached hydrogen (secondary N) is 1. The molecule has 0 aromatic carbocycles. The lowest BCUT2D eigenvalue weighted by molar-refractivity contribution is 0.00788. The van der Waals surface area contributed by atoms with Gasteiger partial charge in [-0.2, -0.15) is 0 Å². The summed E-state index contributed by atoms with van der Waals surface area (Å²) < 4.78 is 5.58. The largest absolute Gasteiger partial charge is 0.444 e. The number of carbonyl (C=O) groups is 1. The molecule has 2 rings (SSSR count). The van der Waals surface area contributed by atoms with Crippen LogP contribution < -0.4 is 5.32 Å². The van der Waals surface area contributed by atoms with Crippen LogP contribution in [-0.4, -0.2) is 41.3 Å². The van der Waals surface area contributed by atoms with Gasteiger partial charge >= 0.3 is 6.09 Å². The highest BCUT2D eigenvalue weighted by Crippen LogP contribution is 2.34. The topological polar surface area (TPSA) is 41.6 Å². The number of rotatable bonds is 5. The SMILES string of the molecule is CCC1CC1NC(C)CC1CCCCN1C(=O)OC(C)(C)C. The molecule has 1 amide bonds. The summed E-state index contributed by atoms with van der Waals surface area (Å²) in [6.45, 7) is 11.2. The Hall–Kier alpha value is -0.770. The molecule has 1 saturated carbocycles. The molecular weight excluding hydrogens is 276 g/mol. The van der Waals surface area contributed by atoms with Gasteiger partial charge in [0, 0.05) is 24.7 Å². The molecule has 22 heavy (non-hydrogen) atoms. The Morgan fingerprint density at radius 1 is 1.36 bits per heavy atom. The van der Waals surface area contributed by atoms with Crippen LogP contribution in [-0.2, 0) is 4.74 Å². The van der Waals surface area contributed by atoms with E-state index in [1.165, 1.54) is 19.3 Å². The molecule has 0 spiro atoms. The molecule has 1 aliphatic carbocycles. The minimum absolute atomic E-state index is 0.137. The predicted molar refractivity (Wildman–Crippen MR) is 90.0 cm³/mol. The Morgan fingerprint density at radius 3 is 2.68 bits per heavy atom. The molecule has 1 N–H and O–H groups in total. The molecule has 2 fully saturated rings. The lowest BCUT2D eigenvalue weighted by Crippen LogP contribution is -2.48. The summed E-state index contributed by atoms with van der Waals surface area (Å²) >= 11 is 0. The van der Waals surface area contributed by atoms with E-state index in [9.17, 15) is 4.79 Å². The number of carbonyl (C=O) groups excluding carboxylic acids is 1. The molecule has 0 radical (unpaired) electrons. The predicted octanol–water partition coefficient (Wildman–Crippen LogP) is 3.94. The van der Waals surface area contributed by atoms with Gasteiger partial charge in [-0.25, -0.2) is 4.79 Å². The van der Waals surface area contributed by atoms with Crippen LogP contribution in [0.3, 0.4) is 0 Å². The van der Waals surface area contributed by atoms with Crippen LogP contribution in [0.1, 0.15) is 73.1 Å². The fourth-order valence-corrected chi connectivity index (χ4v) is 3.55. The second-order valence-electron chi connectivity index (χ2n) is 8.14. The summed E-state index contributed by atoms with van der Waals surface area (Å²) in [6, 6.07) is 1.50. The molecular formula is C18H34N2O2. The number of hydrogen-bond donors (Lipinski definition) is 1. The Bertz CT molecular complexity index is 378. The van der Waals surface area contributed by atoms with E-state index in [-0.39, 0.29) is 6.09 Å². The molecule has 4 atom stereocenters. The number of ether oxygens (including phenoxy) is 1. The van der Waals surface area contributed by atoms with Crippen molar-refractivity contribution in [1.82, 2.24) is 10.2 Å². The van der Waals surface area contributed by atoms with Crippen molar-refractivity contribution in [2.24, 2.45) is 5.92 Å². The first-order valence-electron chi connectivity index (χ1n) is 9.06. The molecule has 1 heterocycles. The van der Waals surface area contributed by atoms with Gasteiger partial charge in [0.25, 0.3) is 0 Å². The fourth-order valence-electron chi connectivity index (χ4n) is 3.55. The van der Waals surface area contributed by atoms with Gasteiger partial charge in [0.1, 0.15) is 5.60 Å². The Kier molecular flexibility index (Phi) is 5.76. The highest BCUT2D eigenvalue weighted by Gasteiger charge is 2.37. The smallest absolute Gasteiger partial charge is 0.410 e. The summed E-state index contributed by atoms with van der Waals surface area (Å²) in [5, 5.41) is 3.73. The normalized spacial score (nSPS) is 30.0. The van der Waals surface area contributed by atoms with Crippen molar-refractivity contribution in [3.8, 4) is 0 Å². The van der Waals surface area contributed by atoms with Gasteiger partial charge in [0.2, 0.25) is 0 Å². The van der Waals surface area contributed by atoms with Crippen LogP contribution in [0.25, 0.3) is 0 Å². The van der Waals surface area contributed by atoms with Crippen molar-refractivity contribution in [3.63, 3.8) is 0 Å². The lowest BCUT2D eigenvalue weighted by atomic mass is 9.96. The maximum atomic E-state index is 12.4. The number of likely N-dealkylation sites (tertiary alicyclic amines) is 1. The maximum Gasteiger partial charge on any atom is 0.410 e. The molecule has 1 saturated heterocycles. The molecule has 0 bridgehead atoms. The standard InChI is InChI=1S/C18H34N2O2/c1-6-14-12-16(14)19-13(2)11-15-9-7-8-10-20(15)17(21)22-18(3,4)5/h13-16,19H,6-12H2,1-5H3. The van der Waals surface area contributed by atoms with Crippen molar-refractivity contribution in [2.45, 2.75) is 96.9 Å². The molecule has 1 aliphatic heterocycles. The molecule has 0 aromatic rings. The summed E-state index contributed by atoms with van der Waals surface area (Å²) in [7, 11) is 0. The highest BCUT2D eigenvalue weighted by molar-refractivity contribution is 5.68. The minimum atomic E-state index is -0.411. The molecule has 4 unspecified atom stereocenters. The molecule has 128 valence electrons. The average Bonchev–Trinajstić information content (AvgIpc) is 3.15. The summed E-state index contributed by atoms with van der Waals surface area (Å²) in [6.07, 6.45) is 6.91. The van der Waals surface area contributed by atoms with E-state index in [2.05, 4.69) is 19.2 Å². The third kappa shape index (κ3) is 5.15. The van der Waals surface area contributed by atoms with Crippen LogP contribution >= 0.6 is 0 Å². The second-order valence-corrected chi connectivity index (χ2v) is 8.14. The zero-order valence-corrected chi connectivity index (χ0v) is 15.0. The third-order valence-corrected chi connectivity index (χ3v) is 4.83. The van der Waals surface area contributed by atoms with E-state index < -0.39 is 5.60 Å². The maximum absolute atomic E-state index is 12.4. The zero-order chi connectivity index (χ0) is 16.3. The first kappa shape index (κ1) is 17.6. The molecule has 2 aliphatic rings. The first-order chi connectivity index (χ1) is 10.3. The number of amides is 1. The summed E-state index contributed by atoms with van der Waals surface area (Å²) in [4.78, 5) is 14.4. The van der Waals surface area contributed by atoms with Gasteiger partial charge in [0.15, 0.2) is 0 Å². The van der Waals surface area contributed by atoms with Crippen LogP contribution in [0.15, 0.2) is 0 Å². The lowest BCUT2D eigenvalue weighted by Gasteiger charge is -2.38. The molecule has 4 nitrogen and oxygen atoms in total. The van der Waals surface area contributed by atoms with E-state index in [0.29, 0.717) is 18.1 Å². The van der Waals surface area contributed by atoms with Crippen molar-refractivity contribution in [2.75, 3.05) is 6.54 Å². The van der Waals surface area contributed by atoms with Gasteiger partial charge in [0.05, 0.1) is 0 Å². The Balaban J connectivity index is 1.85. The molecule has 4 heteroatoms. The summed E-state index contributed by atoms with van der Waals surface area (Å²) in [5.74, 6) is 0.871. The highest BCUT2D eigenvalue weighted by atomic mass is 16.6.